The number of carbonyl (C=O) groups excluding carboxylic acids is 2. The molecule has 7 nitrogen and oxygen atoms in total. The van der Waals surface area contributed by atoms with Gasteiger partial charge in [0.2, 0.25) is 5.91 Å². The lowest BCUT2D eigenvalue weighted by Gasteiger charge is -2.27. The molecular formula is C28H31N3O4. The maximum Gasteiger partial charge on any atom is 0.254 e. The van der Waals surface area contributed by atoms with Gasteiger partial charge in [-0.15, -0.1) is 0 Å². The van der Waals surface area contributed by atoms with Crippen molar-refractivity contribution in [1.82, 2.24) is 4.90 Å². The van der Waals surface area contributed by atoms with Gasteiger partial charge in [0.25, 0.3) is 5.91 Å². The van der Waals surface area contributed by atoms with E-state index in [9.17, 15) is 9.59 Å². The van der Waals surface area contributed by atoms with Crippen LogP contribution in [0, 0.1) is 0 Å². The second kappa shape index (κ2) is 12.6. The third-order valence-electron chi connectivity index (χ3n) is 5.72. The Hall–Kier alpha value is -3.84. The number of morpholine rings is 1. The Morgan fingerprint density at radius 2 is 1.66 bits per heavy atom. The number of ether oxygens (including phenoxy) is 2. The second-order valence-corrected chi connectivity index (χ2v) is 8.35. The van der Waals surface area contributed by atoms with Crippen molar-refractivity contribution < 1.29 is 19.1 Å². The lowest BCUT2D eigenvalue weighted by atomic mass is 10.1. The summed E-state index contributed by atoms with van der Waals surface area (Å²) in [6.45, 7) is 3.04. The van der Waals surface area contributed by atoms with Crippen LogP contribution in [0.15, 0.2) is 78.9 Å². The summed E-state index contributed by atoms with van der Waals surface area (Å²) in [5, 5.41) is 5.96. The Morgan fingerprint density at radius 1 is 0.886 bits per heavy atom. The van der Waals surface area contributed by atoms with Crippen molar-refractivity contribution >= 4 is 23.2 Å². The molecule has 182 valence electrons. The molecule has 1 heterocycles. The van der Waals surface area contributed by atoms with Crippen LogP contribution in [0.3, 0.4) is 0 Å². The molecule has 35 heavy (non-hydrogen) atoms. The first-order valence-corrected chi connectivity index (χ1v) is 11.9. The fourth-order valence-electron chi connectivity index (χ4n) is 3.84. The van der Waals surface area contributed by atoms with Crippen molar-refractivity contribution in [2.75, 3.05) is 50.1 Å². The summed E-state index contributed by atoms with van der Waals surface area (Å²) in [5.74, 6) is 0.575. The van der Waals surface area contributed by atoms with E-state index in [4.69, 9.17) is 9.47 Å². The summed E-state index contributed by atoms with van der Waals surface area (Å²) in [5.41, 5.74) is 3.32. The van der Waals surface area contributed by atoms with Crippen molar-refractivity contribution in [3.8, 4) is 5.75 Å². The minimum absolute atomic E-state index is 0.0243. The molecule has 3 aromatic rings. The molecule has 0 spiro atoms. The summed E-state index contributed by atoms with van der Waals surface area (Å²) < 4.78 is 11.1. The molecule has 4 rings (SSSR count). The standard InChI is InChI=1S/C28H31N3O4/c32-27(21-29-25-10-4-9-23(20-25)28(33)31-15-18-34-19-16-31)30-24-11-13-26(14-12-24)35-17-5-8-22-6-2-1-3-7-22/h1-4,6-7,9-14,20,29H,5,8,15-19,21H2,(H,30,32). The van der Waals surface area contributed by atoms with Crippen molar-refractivity contribution in [2.24, 2.45) is 0 Å². The van der Waals surface area contributed by atoms with E-state index < -0.39 is 0 Å². The molecule has 7 heteroatoms. The molecular weight excluding hydrogens is 442 g/mol. The summed E-state index contributed by atoms with van der Waals surface area (Å²) >= 11 is 0. The average molecular weight is 474 g/mol. The van der Waals surface area contributed by atoms with Crippen LogP contribution in [0.1, 0.15) is 22.3 Å². The fraction of sp³-hybridized carbons (Fsp3) is 0.286. The van der Waals surface area contributed by atoms with Gasteiger partial charge in [0.1, 0.15) is 5.75 Å². The molecule has 2 amide bonds. The van der Waals surface area contributed by atoms with Gasteiger partial charge in [0.15, 0.2) is 0 Å². The first kappa shape index (κ1) is 24.3. The Labute approximate surface area is 206 Å². The monoisotopic (exact) mass is 473 g/mol. The number of carbonyl (C=O) groups is 2. The minimum Gasteiger partial charge on any atom is -0.494 e. The number of anilines is 2. The van der Waals surface area contributed by atoms with Crippen LogP contribution in [0.5, 0.6) is 5.75 Å². The molecule has 0 bridgehead atoms. The molecule has 0 radical (unpaired) electrons. The molecule has 0 unspecified atom stereocenters. The largest absolute Gasteiger partial charge is 0.494 e. The Bertz CT molecular complexity index is 1100. The van der Waals surface area contributed by atoms with E-state index in [0.29, 0.717) is 44.2 Å². The summed E-state index contributed by atoms with van der Waals surface area (Å²) in [6.07, 6.45) is 1.92. The van der Waals surface area contributed by atoms with Crippen molar-refractivity contribution in [3.63, 3.8) is 0 Å². The van der Waals surface area contributed by atoms with Crippen LogP contribution < -0.4 is 15.4 Å². The first-order valence-electron chi connectivity index (χ1n) is 11.9. The number of hydrogen-bond acceptors (Lipinski definition) is 5. The van der Waals surface area contributed by atoms with Crippen molar-refractivity contribution in [1.29, 1.82) is 0 Å². The first-order chi connectivity index (χ1) is 17.2. The molecule has 0 atom stereocenters. The summed E-state index contributed by atoms with van der Waals surface area (Å²) in [7, 11) is 0. The second-order valence-electron chi connectivity index (χ2n) is 8.35. The highest BCUT2D eigenvalue weighted by Crippen LogP contribution is 2.17. The maximum atomic E-state index is 12.7. The van der Waals surface area contributed by atoms with Crippen molar-refractivity contribution in [2.45, 2.75) is 12.8 Å². The average Bonchev–Trinajstić information content (AvgIpc) is 2.92. The highest BCUT2D eigenvalue weighted by molar-refractivity contribution is 5.96. The zero-order chi connectivity index (χ0) is 24.3. The number of benzene rings is 3. The molecule has 1 aliphatic rings. The number of aryl methyl sites for hydroxylation is 1. The molecule has 1 saturated heterocycles. The third kappa shape index (κ3) is 7.58. The van der Waals surface area contributed by atoms with E-state index in [1.54, 1.807) is 17.0 Å². The fourth-order valence-corrected chi connectivity index (χ4v) is 3.84. The van der Waals surface area contributed by atoms with Crippen LogP contribution >= 0.6 is 0 Å². The molecule has 2 N–H and O–H groups in total. The van der Waals surface area contributed by atoms with Gasteiger partial charge in [-0.3, -0.25) is 9.59 Å². The molecule has 1 fully saturated rings. The normalized spacial score (nSPS) is 13.2. The van der Waals surface area contributed by atoms with Crippen LogP contribution in [0.2, 0.25) is 0 Å². The van der Waals surface area contributed by atoms with E-state index in [0.717, 1.165) is 24.3 Å². The van der Waals surface area contributed by atoms with E-state index in [1.165, 1.54) is 5.56 Å². The molecule has 0 aromatic heterocycles. The van der Waals surface area contributed by atoms with E-state index >= 15 is 0 Å². The number of amides is 2. The number of nitrogens with one attached hydrogen (secondary N) is 2. The van der Waals surface area contributed by atoms with Crippen LogP contribution in [-0.4, -0.2) is 56.2 Å². The maximum absolute atomic E-state index is 12.7. The number of rotatable bonds is 10. The van der Waals surface area contributed by atoms with Crippen LogP contribution in [0.25, 0.3) is 0 Å². The van der Waals surface area contributed by atoms with Gasteiger partial charge in [-0.25, -0.2) is 0 Å². The summed E-state index contributed by atoms with van der Waals surface area (Å²) in [6, 6.07) is 24.9. The SMILES string of the molecule is O=C(CNc1cccc(C(=O)N2CCOCC2)c1)Nc1ccc(OCCCc2ccccc2)cc1. The number of hydrogen-bond donors (Lipinski definition) is 2. The minimum atomic E-state index is -0.175. The lowest BCUT2D eigenvalue weighted by molar-refractivity contribution is -0.114. The quantitative estimate of drug-likeness (QED) is 0.431. The zero-order valence-electron chi connectivity index (χ0n) is 19.7. The van der Waals surface area contributed by atoms with E-state index in [2.05, 4.69) is 22.8 Å². The van der Waals surface area contributed by atoms with Crippen molar-refractivity contribution in [3.05, 3.63) is 90.0 Å². The molecule has 1 aliphatic heterocycles. The lowest BCUT2D eigenvalue weighted by Crippen LogP contribution is -2.40. The molecule has 0 aliphatic carbocycles. The van der Waals surface area contributed by atoms with Gasteiger partial charge >= 0.3 is 0 Å². The van der Waals surface area contributed by atoms with E-state index in [-0.39, 0.29) is 18.4 Å². The Morgan fingerprint density at radius 3 is 2.43 bits per heavy atom. The van der Waals surface area contributed by atoms with Crippen LogP contribution in [-0.2, 0) is 16.0 Å². The smallest absolute Gasteiger partial charge is 0.254 e. The van der Waals surface area contributed by atoms with Gasteiger partial charge in [-0.2, -0.15) is 0 Å². The zero-order valence-corrected chi connectivity index (χ0v) is 19.7. The third-order valence-corrected chi connectivity index (χ3v) is 5.72. The predicted molar refractivity (Wildman–Crippen MR) is 137 cm³/mol. The van der Waals surface area contributed by atoms with Gasteiger partial charge in [-0.05, 0) is 60.9 Å². The Kier molecular flexibility index (Phi) is 8.73. The highest BCUT2D eigenvalue weighted by Gasteiger charge is 2.18. The van der Waals surface area contributed by atoms with Crippen LogP contribution in [0.4, 0.5) is 11.4 Å². The van der Waals surface area contributed by atoms with E-state index in [1.807, 2.05) is 54.6 Å². The van der Waals surface area contributed by atoms with Gasteiger partial charge in [-0.1, -0.05) is 36.4 Å². The number of nitrogens with zero attached hydrogens (tertiary/aromatic N) is 1. The highest BCUT2D eigenvalue weighted by atomic mass is 16.5. The topological polar surface area (TPSA) is 79.9 Å². The predicted octanol–water partition coefficient (Wildman–Crippen LogP) is 4.22. The Balaban J connectivity index is 1.19. The molecule has 3 aromatic carbocycles. The summed E-state index contributed by atoms with van der Waals surface area (Å²) in [4.78, 5) is 26.8. The van der Waals surface area contributed by atoms with Gasteiger partial charge in [0.05, 0.1) is 26.4 Å². The molecule has 0 saturated carbocycles. The van der Waals surface area contributed by atoms with Gasteiger partial charge < -0.3 is 25.0 Å². The van der Waals surface area contributed by atoms with Gasteiger partial charge in [0, 0.05) is 30.0 Å².